The molecule has 0 unspecified atom stereocenters. The molecular formula is C21H21N3O5. The van der Waals surface area contributed by atoms with Gasteiger partial charge in [-0.3, -0.25) is 24.3 Å². The topological polar surface area (TPSA) is 110 Å². The minimum atomic E-state index is -0.815. The van der Waals surface area contributed by atoms with Crippen LogP contribution in [0.1, 0.15) is 25.3 Å². The Kier molecular flexibility index (Phi) is 5.92. The number of esters is 1. The monoisotopic (exact) mass is 395 g/mol. The molecule has 2 aromatic carbocycles. The van der Waals surface area contributed by atoms with Gasteiger partial charge in [-0.05, 0) is 29.7 Å². The normalized spacial score (nSPS) is 10.9. The van der Waals surface area contributed by atoms with Crippen LogP contribution in [0.25, 0.3) is 10.8 Å². The van der Waals surface area contributed by atoms with Crippen molar-refractivity contribution in [1.82, 2.24) is 9.78 Å². The maximum absolute atomic E-state index is 12.4. The number of nitrogens with one attached hydrogen (secondary N) is 2. The molecule has 1 aromatic heterocycles. The third-order valence-corrected chi connectivity index (χ3v) is 4.39. The van der Waals surface area contributed by atoms with Crippen molar-refractivity contribution in [1.29, 1.82) is 0 Å². The quantitative estimate of drug-likeness (QED) is 0.620. The predicted molar refractivity (Wildman–Crippen MR) is 109 cm³/mol. The average molecular weight is 395 g/mol. The van der Waals surface area contributed by atoms with E-state index in [9.17, 15) is 19.2 Å². The molecule has 0 bridgehead atoms. The number of aromatic nitrogens is 2. The number of aromatic amines is 1. The first kappa shape index (κ1) is 20.1. The molecule has 0 saturated carbocycles. The summed E-state index contributed by atoms with van der Waals surface area (Å²) in [5, 5.41) is 5.50. The highest BCUT2D eigenvalue weighted by Gasteiger charge is 2.14. The van der Waals surface area contributed by atoms with Crippen LogP contribution >= 0.6 is 0 Å². The third-order valence-electron chi connectivity index (χ3n) is 4.39. The highest BCUT2D eigenvalue weighted by atomic mass is 16.5. The second-order valence-corrected chi connectivity index (χ2v) is 6.83. The molecule has 2 N–H and O–H groups in total. The zero-order valence-corrected chi connectivity index (χ0v) is 16.1. The van der Waals surface area contributed by atoms with E-state index in [2.05, 4.69) is 10.4 Å². The number of para-hydroxylation sites is 1. The van der Waals surface area contributed by atoms with E-state index >= 15 is 0 Å². The van der Waals surface area contributed by atoms with Crippen LogP contribution in [0.15, 0.2) is 58.1 Å². The number of H-pyrrole nitrogens is 1. The lowest BCUT2D eigenvalue weighted by Gasteiger charge is -2.13. The fourth-order valence-electron chi connectivity index (χ4n) is 2.98. The van der Waals surface area contributed by atoms with Crippen LogP contribution in [0.2, 0.25) is 0 Å². The van der Waals surface area contributed by atoms with Crippen LogP contribution < -0.4 is 16.4 Å². The first-order chi connectivity index (χ1) is 13.9. The predicted octanol–water partition coefficient (Wildman–Crippen LogP) is 2.00. The molecule has 0 spiro atoms. The Bertz CT molecular complexity index is 1180. The van der Waals surface area contributed by atoms with Gasteiger partial charge in [0.05, 0.1) is 10.8 Å². The number of fused-ring (bicyclic) bond motifs is 1. The van der Waals surface area contributed by atoms with Gasteiger partial charge in [-0.15, -0.1) is 0 Å². The summed E-state index contributed by atoms with van der Waals surface area (Å²) in [6.45, 7) is 3.01. The second-order valence-electron chi connectivity index (χ2n) is 6.83. The van der Waals surface area contributed by atoms with E-state index < -0.39 is 36.1 Å². The van der Waals surface area contributed by atoms with Gasteiger partial charge in [0.15, 0.2) is 6.61 Å². The minimum Gasteiger partial charge on any atom is -0.454 e. The zero-order valence-electron chi connectivity index (χ0n) is 16.1. The van der Waals surface area contributed by atoms with Crippen LogP contribution in [0.4, 0.5) is 5.69 Å². The summed E-state index contributed by atoms with van der Waals surface area (Å²) in [4.78, 5) is 48.6. The Morgan fingerprint density at radius 2 is 1.69 bits per heavy atom. The Balaban J connectivity index is 1.64. The minimum absolute atomic E-state index is 0.201. The van der Waals surface area contributed by atoms with Crippen molar-refractivity contribution < 1.29 is 14.3 Å². The molecule has 3 rings (SSSR count). The molecule has 0 aliphatic heterocycles. The standard InChI is InChI=1S/C21H21N3O5/c1-13(2)14-7-5-6-10-17(14)22-18(25)12-29-19(26)11-24-21(28)16-9-4-3-8-15(16)20(27)23-24/h3-10,13H,11-12H2,1-2H3,(H,22,25)(H,23,27). The lowest BCUT2D eigenvalue weighted by atomic mass is 10.0. The number of nitrogens with zero attached hydrogens (tertiary/aromatic N) is 1. The molecule has 0 aliphatic carbocycles. The Labute approximate surface area is 166 Å². The lowest BCUT2D eigenvalue weighted by Crippen LogP contribution is -2.33. The van der Waals surface area contributed by atoms with Gasteiger partial charge in [0.1, 0.15) is 6.54 Å². The number of ether oxygens (including phenoxy) is 1. The Morgan fingerprint density at radius 3 is 2.41 bits per heavy atom. The molecule has 0 atom stereocenters. The number of rotatable bonds is 6. The maximum atomic E-state index is 12.4. The van der Waals surface area contributed by atoms with E-state index in [1.165, 1.54) is 12.1 Å². The summed E-state index contributed by atoms with van der Waals surface area (Å²) in [5.41, 5.74) is 0.606. The summed E-state index contributed by atoms with van der Waals surface area (Å²) in [7, 11) is 0. The second kappa shape index (κ2) is 8.55. The summed E-state index contributed by atoms with van der Waals surface area (Å²) in [6.07, 6.45) is 0. The zero-order chi connectivity index (χ0) is 21.0. The fourth-order valence-corrected chi connectivity index (χ4v) is 2.98. The molecule has 8 nitrogen and oxygen atoms in total. The van der Waals surface area contributed by atoms with Gasteiger partial charge in [0, 0.05) is 5.69 Å². The molecule has 150 valence electrons. The summed E-state index contributed by atoms with van der Waals surface area (Å²) < 4.78 is 5.83. The number of amides is 1. The van der Waals surface area contributed by atoms with Crippen LogP contribution in [0.3, 0.4) is 0 Å². The fraction of sp³-hybridized carbons (Fsp3) is 0.238. The molecule has 1 amide bonds. The van der Waals surface area contributed by atoms with Crippen LogP contribution in [-0.4, -0.2) is 28.3 Å². The summed E-state index contributed by atoms with van der Waals surface area (Å²) in [5.74, 6) is -1.10. The van der Waals surface area contributed by atoms with Gasteiger partial charge in [-0.2, -0.15) is 0 Å². The first-order valence-corrected chi connectivity index (χ1v) is 9.13. The molecule has 0 radical (unpaired) electrons. The van der Waals surface area contributed by atoms with E-state index in [0.717, 1.165) is 10.2 Å². The van der Waals surface area contributed by atoms with Crippen molar-refractivity contribution in [2.24, 2.45) is 0 Å². The van der Waals surface area contributed by atoms with Crippen molar-refractivity contribution in [3.05, 3.63) is 74.8 Å². The molecule has 0 aliphatic rings. The molecule has 0 saturated heterocycles. The van der Waals surface area contributed by atoms with Gasteiger partial charge in [0.25, 0.3) is 17.0 Å². The molecule has 3 aromatic rings. The molecular weight excluding hydrogens is 374 g/mol. The molecule has 0 fully saturated rings. The van der Waals surface area contributed by atoms with E-state index in [-0.39, 0.29) is 16.7 Å². The van der Waals surface area contributed by atoms with Crippen molar-refractivity contribution in [3.63, 3.8) is 0 Å². The van der Waals surface area contributed by atoms with Crippen LogP contribution in [0, 0.1) is 0 Å². The summed E-state index contributed by atoms with van der Waals surface area (Å²) >= 11 is 0. The Morgan fingerprint density at radius 1 is 1.03 bits per heavy atom. The van der Waals surface area contributed by atoms with Gasteiger partial charge >= 0.3 is 5.97 Å². The SMILES string of the molecule is CC(C)c1ccccc1NC(=O)COC(=O)Cn1[nH]c(=O)c2ccccc2c1=O. The number of hydrogen-bond acceptors (Lipinski definition) is 5. The highest BCUT2D eigenvalue weighted by Crippen LogP contribution is 2.23. The average Bonchev–Trinajstić information content (AvgIpc) is 2.70. The molecule has 29 heavy (non-hydrogen) atoms. The largest absolute Gasteiger partial charge is 0.454 e. The number of benzene rings is 2. The van der Waals surface area contributed by atoms with E-state index in [1.807, 2.05) is 26.0 Å². The smallest absolute Gasteiger partial charge is 0.328 e. The van der Waals surface area contributed by atoms with E-state index in [0.29, 0.717) is 5.69 Å². The van der Waals surface area contributed by atoms with Gasteiger partial charge < -0.3 is 10.1 Å². The molecule has 8 heteroatoms. The lowest BCUT2D eigenvalue weighted by molar-refractivity contribution is -0.148. The van der Waals surface area contributed by atoms with Crippen molar-refractivity contribution in [2.45, 2.75) is 26.3 Å². The maximum Gasteiger partial charge on any atom is 0.328 e. The van der Waals surface area contributed by atoms with Crippen LogP contribution in [0.5, 0.6) is 0 Å². The van der Waals surface area contributed by atoms with Crippen molar-refractivity contribution >= 4 is 28.3 Å². The van der Waals surface area contributed by atoms with E-state index in [4.69, 9.17) is 4.74 Å². The van der Waals surface area contributed by atoms with Gasteiger partial charge in [0.2, 0.25) is 0 Å². The van der Waals surface area contributed by atoms with Gasteiger partial charge in [-0.1, -0.05) is 44.2 Å². The first-order valence-electron chi connectivity index (χ1n) is 9.13. The Hall–Kier alpha value is -3.68. The number of anilines is 1. The van der Waals surface area contributed by atoms with Crippen molar-refractivity contribution in [2.75, 3.05) is 11.9 Å². The van der Waals surface area contributed by atoms with Crippen molar-refractivity contribution in [3.8, 4) is 0 Å². The number of hydrogen-bond donors (Lipinski definition) is 2. The molecule has 1 heterocycles. The number of carbonyl (C=O) groups excluding carboxylic acids is 2. The van der Waals surface area contributed by atoms with Gasteiger partial charge in [-0.25, -0.2) is 4.68 Å². The van der Waals surface area contributed by atoms with Crippen LogP contribution in [-0.2, 0) is 20.9 Å². The number of carbonyl (C=O) groups is 2. The third kappa shape index (κ3) is 4.60. The van der Waals surface area contributed by atoms with E-state index in [1.54, 1.807) is 24.3 Å². The highest BCUT2D eigenvalue weighted by molar-refractivity contribution is 5.93. The summed E-state index contributed by atoms with van der Waals surface area (Å²) in [6, 6.07) is 13.7.